The fraction of sp³-hybridized carbons (Fsp3) is 0.500. The molecule has 0 saturated carbocycles. The normalized spacial score (nSPS) is 12.0. The van der Waals surface area contributed by atoms with Gasteiger partial charge in [0.25, 0.3) is 0 Å². The van der Waals surface area contributed by atoms with Gasteiger partial charge in [-0.05, 0) is 11.6 Å². The number of rotatable bonds is 2. The summed E-state index contributed by atoms with van der Waals surface area (Å²) in [6.07, 6.45) is 1.53. The molecule has 16 heavy (non-hydrogen) atoms. The number of nitrogens with zero attached hydrogens (tertiary/aromatic N) is 4. The highest BCUT2D eigenvalue weighted by Gasteiger charge is 2.23. The highest BCUT2D eigenvalue weighted by molar-refractivity contribution is 6.28. The maximum atomic E-state index is 6.00. The summed E-state index contributed by atoms with van der Waals surface area (Å²) in [5, 5.41) is 12.2. The lowest BCUT2D eigenvalue weighted by molar-refractivity contribution is 0.407. The zero-order chi connectivity index (χ0) is 11.8. The van der Waals surface area contributed by atoms with Gasteiger partial charge in [0.1, 0.15) is 17.8 Å². The third-order valence-corrected chi connectivity index (χ3v) is 2.47. The van der Waals surface area contributed by atoms with Crippen LogP contribution in [0.4, 0.5) is 0 Å². The van der Waals surface area contributed by atoms with E-state index in [9.17, 15) is 0 Å². The van der Waals surface area contributed by atoms with Crippen LogP contribution < -0.4 is 0 Å². The quantitative estimate of drug-likeness (QED) is 0.808. The van der Waals surface area contributed by atoms with E-state index in [0.29, 0.717) is 11.8 Å². The van der Waals surface area contributed by atoms with Gasteiger partial charge in [-0.15, -0.1) is 10.2 Å². The van der Waals surface area contributed by atoms with E-state index in [-0.39, 0.29) is 5.41 Å². The van der Waals surface area contributed by atoms with Gasteiger partial charge in [0, 0.05) is 11.5 Å². The van der Waals surface area contributed by atoms with Crippen molar-refractivity contribution in [3.63, 3.8) is 0 Å². The van der Waals surface area contributed by atoms with Crippen LogP contribution in [0, 0.1) is 0 Å². The minimum atomic E-state index is -0.107. The summed E-state index contributed by atoms with van der Waals surface area (Å²) in [6.45, 7) is 6.71. The number of halogens is 1. The Balaban J connectivity index is 2.36. The first kappa shape index (κ1) is 11.1. The molecule has 6 heteroatoms. The summed E-state index contributed by atoms with van der Waals surface area (Å²) in [6, 6.07) is 1.79. The van der Waals surface area contributed by atoms with Crippen LogP contribution in [-0.4, -0.2) is 19.9 Å². The van der Waals surface area contributed by atoms with E-state index in [1.807, 2.05) is 4.57 Å². The van der Waals surface area contributed by atoms with Crippen LogP contribution in [0.3, 0.4) is 0 Å². The van der Waals surface area contributed by atoms with Crippen LogP contribution in [0.1, 0.15) is 32.3 Å². The Labute approximate surface area is 98.4 Å². The number of hydrogen-bond acceptors (Lipinski definition) is 4. The molecule has 0 spiro atoms. The van der Waals surface area contributed by atoms with Gasteiger partial charge in [0.15, 0.2) is 0 Å². The van der Waals surface area contributed by atoms with Crippen LogP contribution in [-0.2, 0) is 12.0 Å². The van der Waals surface area contributed by atoms with Crippen molar-refractivity contribution in [1.82, 2.24) is 19.9 Å². The van der Waals surface area contributed by atoms with Gasteiger partial charge in [-0.1, -0.05) is 25.9 Å². The van der Waals surface area contributed by atoms with Gasteiger partial charge < -0.3 is 4.52 Å². The topological polar surface area (TPSA) is 56.7 Å². The molecule has 2 aromatic rings. The van der Waals surface area contributed by atoms with Crippen LogP contribution in [0.15, 0.2) is 16.9 Å². The van der Waals surface area contributed by atoms with Crippen molar-refractivity contribution in [2.45, 2.75) is 32.7 Å². The smallest absolute Gasteiger partial charge is 0.225 e. The molecule has 2 aromatic heterocycles. The zero-order valence-corrected chi connectivity index (χ0v) is 10.2. The summed E-state index contributed by atoms with van der Waals surface area (Å²) in [4.78, 5) is 0. The second kappa shape index (κ2) is 3.90. The molecular formula is C10H13ClN4O. The van der Waals surface area contributed by atoms with Crippen molar-refractivity contribution in [2.24, 2.45) is 0 Å². The minimum Gasteiger partial charge on any atom is -0.364 e. The zero-order valence-electron chi connectivity index (χ0n) is 9.44. The predicted molar refractivity (Wildman–Crippen MR) is 59.3 cm³/mol. The summed E-state index contributed by atoms with van der Waals surface area (Å²) >= 11 is 6.00. The van der Waals surface area contributed by atoms with Gasteiger partial charge in [-0.25, -0.2) is 0 Å². The third kappa shape index (κ3) is 2.09. The monoisotopic (exact) mass is 240 g/mol. The Morgan fingerprint density at radius 2 is 2.12 bits per heavy atom. The molecule has 0 N–H and O–H groups in total. The van der Waals surface area contributed by atoms with Gasteiger partial charge >= 0.3 is 0 Å². The first-order chi connectivity index (χ1) is 7.48. The van der Waals surface area contributed by atoms with Crippen molar-refractivity contribution >= 4 is 11.6 Å². The first-order valence-corrected chi connectivity index (χ1v) is 5.35. The fourth-order valence-corrected chi connectivity index (χ4v) is 1.64. The Morgan fingerprint density at radius 3 is 2.69 bits per heavy atom. The summed E-state index contributed by atoms with van der Waals surface area (Å²) < 4.78 is 6.61. The first-order valence-electron chi connectivity index (χ1n) is 4.97. The van der Waals surface area contributed by atoms with Crippen molar-refractivity contribution < 1.29 is 4.52 Å². The molecule has 0 unspecified atom stereocenters. The van der Waals surface area contributed by atoms with E-state index in [4.69, 9.17) is 16.1 Å². The average Bonchev–Trinajstić information content (AvgIpc) is 2.76. The van der Waals surface area contributed by atoms with E-state index in [0.717, 1.165) is 11.5 Å². The van der Waals surface area contributed by atoms with Gasteiger partial charge in [-0.3, -0.25) is 4.57 Å². The standard InChI is InChI=1S/C10H13ClN4O/c1-10(2,3)8-12-13-9(11)15(8)6-7-4-5-16-14-7/h4-5H,6H2,1-3H3. The van der Waals surface area contributed by atoms with Crippen LogP contribution in [0.5, 0.6) is 0 Å². The molecule has 0 atom stereocenters. The Kier molecular flexibility index (Phi) is 2.71. The molecular weight excluding hydrogens is 228 g/mol. The predicted octanol–water partition coefficient (Wildman–Crippen LogP) is 2.27. The lowest BCUT2D eigenvalue weighted by Crippen LogP contribution is -2.19. The molecule has 5 nitrogen and oxygen atoms in total. The summed E-state index contributed by atoms with van der Waals surface area (Å²) in [5.74, 6) is 0.834. The van der Waals surface area contributed by atoms with Crippen molar-refractivity contribution in [3.05, 3.63) is 29.1 Å². The second-order valence-corrected chi connectivity index (χ2v) is 4.96. The molecule has 0 radical (unpaired) electrons. The molecule has 0 aliphatic rings. The molecule has 0 aliphatic heterocycles. The summed E-state index contributed by atoms with van der Waals surface area (Å²) in [7, 11) is 0. The molecule has 0 amide bonds. The molecule has 2 heterocycles. The maximum Gasteiger partial charge on any atom is 0.225 e. The second-order valence-electron chi connectivity index (χ2n) is 4.62. The lowest BCUT2D eigenvalue weighted by Gasteiger charge is -2.18. The molecule has 0 aromatic carbocycles. The van der Waals surface area contributed by atoms with Crippen LogP contribution in [0.2, 0.25) is 5.28 Å². The van der Waals surface area contributed by atoms with Crippen molar-refractivity contribution in [3.8, 4) is 0 Å². The molecule has 0 fully saturated rings. The fourth-order valence-electron chi connectivity index (χ4n) is 1.46. The van der Waals surface area contributed by atoms with E-state index in [1.54, 1.807) is 6.07 Å². The molecule has 0 bridgehead atoms. The highest BCUT2D eigenvalue weighted by Crippen LogP contribution is 2.23. The van der Waals surface area contributed by atoms with Gasteiger partial charge in [0.2, 0.25) is 5.28 Å². The largest absolute Gasteiger partial charge is 0.364 e. The third-order valence-electron chi connectivity index (χ3n) is 2.19. The molecule has 0 aliphatic carbocycles. The van der Waals surface area contributed by atoms with Crippen molar-refractivity contribution in [1.29, 1.82) is 0 Å². The number of hydrogen-bond donors (Lipinski definition) is 0. The van der Waals surface area contributed by atoms with Gasteiger partial charge in [0.05, 0.1) is 6.54 Å². The van der Waals surface area contributed by atoms with E-state index in [1.165, 1.54) is 6.26 Å². The SMILES string of the molecule is CC(C)(C)c1nnc(Cl)n1Cc1ccon1. The van der Waals surface area contributed by atoms with Gasteiger partial charge in [-0.2, -0.15) is 0 Å². The highest BCUT2D eigenvalue weighted by atomic mass is 35.5. The molecule has 86 valence electrons. The van der Waals surface area contributed by atoms with E-state index >= 15 is 0 Å². The Bertz CT molecular complexity index is 469. The Hall–Kier alpha value is -1.36. The maximum absolute atomic E-state index is 6.00. The Morgan fingerprint density at radius 1 is 1.38 bits per heavy atom. The van der Waals surface area contributed by atoms with Crippen LogP contribution in [0.25, 0.3) is 0 Å². The van der Waals surface area contributed by atoms with Crippen LogP contribution >= 0.6 is 11.6 Å². The number of aromatic nitrogens is 4. The van der Waals surface area contributed by atoms with E-state index < -0.39 is 0 Å². The van der Waals surface area contributed by atoms with Crippen molar-refractivity contribution in [2.75, 3.05) is 0 Å². The molecule has 2 rings (SSSR count). The van der Waals surface area contributed by atoms with E-state index in [2.05, 4.69) is 36.1 Å². The summed E-state index contributed by atoms with van der Waals surface area (Å²) in [5.41, 5.74) is 0.691. The lowest BCUT2D eigenvalue weighted by atomic mass is 9.96. The molecule has 0 saturated heterocycles. The average molecular weight is 241 g/mol. The minimum absolute atomic E-state index is 0.107.